The third-order valence-electron chi connectivity index (χ3n) is 2.38. The lowest BCUT2D eigenvalue weighted by Crippen LogP contribution is -2.12. The van der Waals surface area contributed by atoms with Crippen LogP contribution in [0.5, 0.6) is 5.75 Å². The van der Waals surface area contributed by atoms with Gasteiger partial charge in [-0.3, -0.25) is 9.59 Å². The van der Waals surface area contributed by atoms with Crippen molar-refractivity contribution < 1.29 is 14.3 Å². The lowest BCUT2D eigenvalue weighted by atomic mass is 10.1. The number of anilines is 1. The molecule has 4 nitrogen and oxygen atoms in total. The van der Waals surface area contributed by atoms with E-state index in [9.17, 15) is 9.59 Å². The van der Waals surface area contributed by atoms with Gasteiger partial charge in [-0.15, -0.1) is 11.6 Å². The maximum Gasteiger partial charge on any atom is 0.224 e. The maximum atomic E-state index is 11.6. The Morgan fingerprint density at radius 3 is 2.67 bits per heavy atom. The fraction of sp³-hybridized carbons (Fsp3) is 0.385. The fourth-order valence-electron chi connectivity index (χ4n) is 1.53. The summed E-state index contributed by atoms with van der Waals surface area (Å²) < 4.78 is 5.08. The second-order valence-corrected chi connectivity index (χ2v) is 4.04. The van der Waals surface area contributed by atoms with Gasteiger partial charge in [0.25, 0.3) is 0 Å². The predicted molar refractivity (Wildman–Crippen MR) is 71.6 cm³/mol. The van der Waals surface area contributed by atoms with Crippen LogP contribution in [0.3, 0.4) is 0 Å². The van der Waals surface area contributed by atoms with Gasteiger partial charge in [0.2, 0.25) is 5.91 Å². The first-order valence-corrected chi connectivity index (χ1v) is 6.22. The molecule has 0 atom stereocenters. The molecule has 1 amide bonds. The zero-order chi connectivity index (χ0) is 13.5. The van der Waals surface area contributed by atoms with Crippen molar-refractivity contribution in [1.29, 1.82) is 0 Å². The second kappa shape index (κ2) is 7.01. The summed E-state index contributed by atoms with van der Waals surface area (Å²) in [5.74, 6) is 0.0177. The molecule has 0 heterocycles. The molecular weight excluding hydrogens is 254 g/mol. The summed E-state index contributed by atoms with van der Waals surface area (Å²) in [5.41, 5.74) is 0.949. The number of carbonyl (C=O) groups is 2. The van der Waals surface area contributed by atoms with Crippen molar-refractivity contribution in [3.63, 3.8) is 0 Å². The van der Waals surface area contributed by atoms with Crippen LogP contribution >= 0.6 is 11.6 Å². The molecule has 98 valence electrons. The van der Waals surface area contributed by atoms with E-state index in [0.29, 0.717) is 23.4 Å². The SMILES string of the molecule is CCCC(=O)Nc1ccc(OC)c(C(=O)CCl)c1. The Morgan fingerprint density at radius 2 is 2.11 bits per heavy atom. The number of rotatable bonds is 6. The molecule has 5 heteroatoms. The van der Waals surface area contributed by atoms with E-state index < -0.39 is 0 Å². The number of Topliss-reactive ketones (excluding diaryl/α,β-unsaturated/α-hetero) is 1. The summed E-state index contributed by atoms with van der Waals surface area (Å²) in [5, 5.41) is 2.72. The number of nitrogens with one attached hydrogen (secondary N) is 1. The number of hydrogen-bond donors (Lipinski definition) is 1. The van der Waals surface area contributed by atoms with Crippen molar-refractivity contribution in [3.8, 4) is 5.75 Å². The fourth-order valence-corrected chi connectivity index (χ4v) is 1.67. The van der Waals surface area contributed by atoms with Gasteiger partial charge in [0.1, 0.15) is 5.75 Å². The second-order valence-electron chi connectivity index (χ2n) is 3.77. The standard InChI is InChI=1S/C13H16ClNO3/c1-3-4-13(17)15-9-5-6-12(18-2)10(7-9)11(16)8-14/h5-7H,3-4,8H2,1-2H3,(H,15,17). The summed E-state index contributed by atoms with van der Waals surface area (Å²) in [7, 11) is 1.48. The zero-order valence-electron chi connectivity index (χ0n) is 10.5. The summed E-state index contributed by atoms with van der Waals surface area (Å²) >= 11 is 5.53. The van der Waals surface area contributed by atoms with Crippen LogP contribution < -0.4 is 10.1 Å². The Hall–Kier alpha value is -1.55. The normalized spacial score (nSPS) is 9.94. The molecule has 0 aromatic heterocycles. The van der Waals surface area contributed by atoms with E-state index in [1.54, 1.807) is 18.2 Å². The highest BCUT2D eigenvalue weighted by molar-refractivity contribution is 6.30. The minimum atomic E-state index is -0.236. The number of hydrogen-bond acceptors (Lipinski definition) is 3. The summed E-state index contributed by atoms with van der Waals surface area (Å²) in [6.07, 6.45) is 1.22. The Morgan fingerprint density at radius 1 is 1.39 bits per heavy atom. The van der Waals surface area contributed by atoms with Gasteiger partial charge in [0.15, 0.2) is 5.78 Å². The van der Waals surface area contributed by atoms with Crippen molar-refractivity contribution >= 4 is 29.0 Å². The minimum Gasteiger partial charge on any atom is -0.496 e. The molecule has 1 N–H and O–H groups in total. The first-order chi connectivity index (χ1) is 8.62. The number of alkyl halides is 1. The Bertz CT molecular complexity index is 446. The third kappa shape index (κ3) is 3.74. The molecule has 1 aromatic rings. The number of ketones is 1. The predicted octanol–water partition coefficient (Wildman–Crippen LogP) is 2.86. The Balaban J connectivity index is 2.95. The van der Waals surface area contributed by atoms with Gasteiger partial charge in [-0.25, -0.2) is 0 Å². The number of amides is 1. The molecule has 0 saturated carbocycles. The maximum absolute atomic E-state index is 11.6. The van der Waals surface area contributed by atoms with Crippen LogP contribution in [0.1, 0.15) is 30.1 Å². The topological polar surface area (TPSA) is 55.4 Å². The van der Waals surface area contributed by atoms with Gasteiger partial charge < -0.3 is 10.1 Å². The van der Waals surface area contributed by atoms with Crippen LogP contribution in [0.15, 0.2) is 18.2 Å². The van der Waals surface area contributed by atoms with Gasteiger partial charge >= 0.3 is 0 Å². The van der Waals surface area contributed by atoms with E-state index >= 15 is 0 Å². The summed E-state index contributed by atoms with van der Waals surface area (Å²) in [4.78, 5) is 23.1. The van der Waals surface area contributed by atoms with Crippen LogP contribution in [0.4, 0.5) is 5.69 Å². The van der Waals surface area contributed by atoms with Gasteiger partial charge in [0, 0.05) is 12.1 Å². The van der Waals surface area contributed by atoms with E-state index in [1.165, 1.54) is 7.11 Å². The molecule has 0 fully saturated rings. The lowest BCUT2D eigenvalue weighted by Gasteiger charge is -2.10. The van der Waals surface area contributed by atoms with Gasteiger partial charge in [0.05, 0.1) is 18.6 Å². The molecule has 0 aliphatic rings. The number of carbonyl (C=O) groups excluding carboxylic acids is 2. The van der Waals surface area contributed by atoms with Gasteiger partial charge in [-0.1, -0.05) is 6.92 Å². The van der Waals surface area contributed by atoms with Crippen LogP contribution in [-0.2, 0) is 4.79 Å². The molecule has 18 heavy (non-hydrogen) atoms. The minimum absolute atomic E-state index is 0.0769. The molecule has 0 aliphatic heterocycles. The first kappa shape index (κ1) is 14.5. The van der Waals surface area contributed by atoms with Crippen molar-refractivity contribution in [1.82, 2.24) is 0 Å². The molecule has 0 aliphatic carbocycles. The van der Waals surface area contributed by atoms with Crippen molar-refractivity contribution in [3.05, 3.63) is 23.8 Å². The highest BCUT2D eigenvalue weighted by atomic mass is 35.5. The lowest BCUT2D eigenvalue weighted by molar-refractivity contribution is -0.116. The van der Waals surface area contributed by atoms with E-state index in [4.69, 9.17) is 16.3 Å². The van der Waals surface area contributed by atoms with E-state index in [-0.39, 0.29) is 17.6 Å². The number of ether oxygens (including phenoxy) is 1. The average Bonchev–Trinajstić information content (AvgIpc) is 2.38. The van der Waals surface area contributed by atoms with Gasteiger partial charge in [-0.2, -0.15) is 0 Å². The molecule has 0 spiro atoms. The zero-order valence-corrected chi connectivity index (χ0v) is 11.2. The highest BCUT2D eigenvalue weighted by Gasteiger charge is 2.12. The van der Waals surface area contributed by atoms with Crippen molar-refractivity contribution in [2.24, 2.45) is 0 Å². The number of benzene rings is 1. The highest BCUT2D eigenvalue weighted by Crippen LogP contribution is 2.23. The number of methoxy groups -OCH3 is 1. The molecule has 0 saturated heterocycles. The van der Waals surface area contributed by atoms with E-state index in [1.807, 2.05) is 6.92 Å². The van der Waals surface area contributed by atoms with Crippen LogP contribution in [-0.4, -0.2) is 24.7 Å². The smallest absolute Gasteiger partial charge is 0.224 e. The quantitative estimate of drug-likeness (QED) is 0.638. The van der Waals surface area contributed by atoms with Gasteiger partial charge in [-0.05, 0) is 24.6 Å². The molecule has 0 bridgehead atoms. The molecule has 0 radical (unpaired) electrons. The molecular formula is C13H16ClNO3. The summed E-state index contributed by atoms with van der Waals surface area (Å²) in [6.45, 7) is 1.93. The molecule has 1 rings (SSSR count). The third-order valence-corrected chi connectivity index (χ3v) is 2.62. The average molecular weight is 270 g/mol. The van der Waals surface area contributed by atoms with Crippen molar-refractivity contribution in [2.75, 3.05) is 18.3 Å². The van der Waals surface area contributed by atoms with Crippen molar-refractivity contribution in [2.45, 2.75) is 19.8 Å². The Kier molecular flexibility index (Phi) is 5.65. The van der Waals surface area contributed by atoms with E-state index in [2.05, 4.69) is 5.32 Å². The van der Waals surface area contributed by atoms with Crippen LogP contribution in [0.2, 0.25) is 0 Å². The van der Waals surface area contributed by atoms with Crippen LogP contribution in [0, 0.1) is 0 Å². The Labute approximate surface area is 111 Å². The number of halogens is 1. The molecule has 1 aromatic carbocycles. The monoisotopic (exact) mass is 269 g/mol. The van der Waals surface area contributed by atoms with E-state index in [0.717, 1.165) is 6.42 Å². The molecule has 0 unspecified atom stereocenters. The first-order valence-electron chi connectivity index (χ1n) is 5.69. The van der Waals surface area contributed by atoms with Crippen LogP contribution in [0.25, 0.3) is 0 Å². The summed E-state index contributed by atoms with van der Waals surface area (Å²) in [6, 6.07) is 4.91. The largest absolute Gasteiger partial charge is 0.496 e.